The molecule has 1 saturated carbocycles. The lowest BCUT2D eigenvalue weighted by Gasteiger charge is -2.21. The predicted octanol–water partition coefficient (Wildman–Crippen LogP) is 2.91. The summed E-state index contributed by atoms with van der Waals surface area (Å²) in [6.07, 6.45) is 13.1. The third-order valence-electron chi connectivity index (χ3n) is 4.07. The molecule has 1 aromatic heterocycles. The molecule has 0 N–H and O–H groups in total. The monoisotopic (exact) mass is 297 g/mol. The summed E-state index contributed by atoms with van der Waals surface area (Å²) in [4.78, 5) is 16.1. The summed E-state index contributed by atoms with van der Waals surface area (Å²) in [7, 11) is 0. The molecule has 0 saturated heterocycles. The molecule has 2 aromatic rings. The number of carbonyl (C=O) groups excluding carboxylic acids is 1. The van der Waals surface area contributed by atoms with Crippen LogP contribution in [0.3, 0.4) is 0 Å². The van der Waals surface area contributed by atoms with Gasteiger partial charge in [-0.05, 0) is 37.8 Å². The van der Waals surface area contributed by atoms with Crippen molar-refractivity contribution < 1.29 is 14.1 Å². The van der Waals surface area contributed by atoms with E-state index in [1.54, 1.807) is 12.4 Å². The average molecular weight is 297 g/mol. The normalized spacial score (nSPS) is 15.5. The Labute approximate surface area is 130 Å². The van der Waals surface area contributed by atoms with E-state index >= 15 is 0 Å². The van der Waals surface area contributed by atoms with Gasteiger partial charge in [0.1, 0.15) is 6.10 Å². The first-order valence-electron chi connectivity index (χ1n) is 7.90. The molecular formula is C18H21N2O2+. The quantitative estimate of drug-likeness (QED) is 0.644. The number of esters is 1. The first-order valence-corrected chi connectivity index (χ1v) is 7.90. The average Bonchev–Trinajstić information content (AvgIpc) is 2.57. The zero-order valence-corrected chi connectivity index (χ0v) is 12.6. The van der Waals surface area contributed by atoms with Gasteiger partial charge < -0.3 is 4.74 Å². The molecule has 22 heavy (non-hydrogen) atoms. The van der Waals surface area contributed by atoms with Crippen LogP contribution in [0, 0.1) is 0 Å². The van der Waals surface area contributed by atoms with E-state index in [9.17, 15) is 4.79 Å². The van der Waals surface area contributed by atoms with Crippen molar-refractivity contribution >= 4 is 5.97 Å². The summed E-state index contributed by atoms with van der Waals surface area (Å²) in [5, 5.41) is 0. The van der Waals surface area contributed by atoms with Crippen LogP contribution in [0.2, 0.25) is 0 Å². The smallest absolute Gasteiger partial charge is 0.338 e. The molecule has 4 nitrogen and oxygen atoms in total. The van der Waals surface area contributed by atoms with Crippen LogP contribution in [0.4, 0.5) is 0 Å². The van der Waals surface area contributed by atoms with Gasteiger partial charge in [0.05, 0.1) is 18.0 Å². The number of carbonyl (C=O) groups is 1. The van der Waals surface area contributed by atoms with Gasteiger partial charge in [-0.3, -0.25) is 4.98 Å². The van der Waals surface area contributed by atoms with Crippen molar-refractivity contribution in [3.05, 3.63) is 60.2 Å². The molecule has 0 aliphatic heterocycles. The van der Waals surface area contributed by atoms with Gasteiger partial charge in [0, 0.05) is 5.56 Å². The zero-order chi connectivity index (χ0) is 15.2. The van der Waals surface area contributed by atoms with E-state index in [-0.39, 0.29) is 12.1 Å². The van der Waals surface area contributed by atoms with Crippen molar-refractivity contribution in [1.29, 1.82) is 0 Å². The van der Waals surface area contributed by atoms with E-state index < -0.39 is 0 Å². The fourth-order valence-corrected chi connectivity index (χ4v) is 2.81. The van der Waals surface area contributed by atoms with E-state index in [1.165, 1.54) is 19.3 Å². The zero-order valence-electron chi connectivity index (χ0n) is 12.6. The summed E-state index contributed by atoms with van der Waals surface area (Å²) >= 11 is 0. The van der Waals surface area contributed by atoms with Gasteiger partial charge in [-0.25, -0.2) is 4.79 Å². The molecule has 0 amide bonds. The summed E-state index contributed by atoms with van der Waals surface area (Å²) < 4.78 is 7.63. The number of nitrogens with zero attached hydrogens (tertiary/aromatic N) is 2. The Balaban J connectivity index is 1.59. The van der Waals surface area contributed by atoms with Gasteiger partial charge in [-0.2, -0.15) is 4.57 Å². The largest absolute Gasteiger partial charge is 0.459 e. The number of ether oxygens (including phenoxy) is 1. The van der Waals surface area contributed by atoms with Gasteiger partial charge >= 0.3 is 5.97 Å². The Bertz CT molecular complexity index is 605. The van der Waals surface area contributed by atoms with Gasteiger partial charge in [0.2, 0.25) is 0 Å². The van der Waals surface area contributed by atoms with Gasteiger partial charge in [-0.15, -0.1) is 0 Å². The Morgan fingerprint density at radius 3 is 2.45 bits per heavy atom. The van der Waals surface area contributed by atoms with Crippen molar-refractivity contribution in [3.8, 4) is 0 Å². The molecule has 114 valence electrons. The van der Waals surface area contributed by atoms with E-state index in [1.807, 2.05) is 41.2 Å². The topological polar surface area (TPSA) is 43.1 Å². The third-order valence-corrected chi connectivity index (χ3v) is 4.07. The van der Waals surface area contributed by atoms with Gasteiger partial charge in [0.25, 0.3) is 0 Å². The second kappa shape index (κ2) is 7.16. The maximum absolute atomic E-state index is 12.1. The van der Waals surface area contributed by atoms with Crippen LogP contribution < -0.4 is 4.57 Å². The van der Waals surface area contributed by atoms with E-state index in [2.05, 4.69) is 4.98 Å². The van der Waals surface area contributed by atoms with Crippen molar-refractivity contribution in [2.45, 2.75) is 44.8 Å². The molecule has 3 rings (SSSR count). The third kappa shape index (κ3) is 3.91. The molecule has 0 atom stereocenters. The van der Waals surface area contributed by atoms with Crippen molar-refractivity contribution in [3.63, 3.8) is 0 Å². The molecule has 1 aliphatic carbocycles. The molecule has 0 bridgehead atoms. The lowest BCUT2D eigenvalue weighted by Crippen LogP contribution is -2.33. The summed E-state index contributed by atoms with van der Waals surface area (Å²) in [5.41, 5.74) is 1.78. The molecule has 1 fully saturated rings. The van der Waals surface area contributed by atoms with Crippen LogP contribution in [0.1, 0.15) is 48.0 Å². The Kier molecular flexibility index (Phi) is 4.78. The SMILES string of the molecule is O=C(OC1CCCCC1)c1ccc(C[n+]2ccncc2)cc1. The Morgan fingerprint density at radius 2 is 1.77 bits per heavy atom. The summed E-state index contributed by atoms with van der Waals surface area (Å²) in [5.74, 6) is -0.199. The number of benzene rings is 1. The van der Waals surface area contributed by atoms with Crippen LogP contribution in [-0.4, -0.2) is 17.1 Å². The van der Waals surface area contributed by atoms with Gasteiger partial charge in [-0.1, -0.05) is 18.6 Å². The maximum atomic E-state index is 12.1. The minimum absolute atomic E-state index is 0.105. The molecule has 0 unspecified atom stereocenters. The highest BCUT2D eigenvalue weighted by atomic mass is 16.5. The van der Waals surface area contributed by atoms with E-state index in [0.29, 0.717) is 5.56 Å². The van der Waals surface area contributed by atoms with Crippen molar-refractivity contribution in [2.24, 2.45) is 0 Å². The Morgan fingerprint density at radius 1 is 1.09 bits per heavy atom. The molecule has 1 aliphatic rings. The molecule has 0 spiro atoms. The molecule has 1 aromatic carbocycles. The van der Waals surface area contributed by atoms with E-state index in [0.717, 1.165) is 24.9 Å². The van der Waals surface area contributed by atoms with Crippen molar-refractivity contribution in [2.75, 3.05) is 0 Å². The fourth-order valence-electron chi connectivity index (χ4n) is 2.81. The summed E-state index contributed by atoms with van der Waals surface area (Å²) in [6, 6.07) is 7.65. The van der Waals surface area contributed by atoms with Crippen molar-refractivity contribution in [1.82, 2.24) is 4.98 Å². The lowest BCUT2D eigenvalue weighted by atomic mass is 9.98. The van der Waals surface area contributed by atoms with Crippen LogP contribution in [-0.2, 0) is 11.3 Å². The molecule has 1 heterocycles. The maximum Gasteiger partial charge on any atom is 0.338 e. The minimum Gasteiger partial charge on any atom is -0.459 e. The van der Waals surface area contributed by atoms with Gasteiger partial charge in [0.15, 0.2) is 18.9 Å². The highest BCUT2D eigenvalue weighted by Gasteiger charge is 2.18. The molecular weight excluding hydrogens is 276 g/mol. The first-order chi connectivity index (χ1) is 10.8. The van der Waals surface area contributed by atoms with Crippen LogP contribution in [0.5, 0.6) is 0 Å². The highest BCUT2D eigenvalue weighted by molar-refractivity contribution is 5.89. The Hall–Kier alpha value is -2.23. The summed E-state index contributed by atoms with van der Waals surface area (Å²) in [6.45, 7) is 0.764. The molecule has 4 heteroatoms. The first kappa shape index (κ1) is 14.7. The predicted molar refractivity (Wildman–Crippen MR) is 82.3 cm³/mol. The second-order valence-corrected chi connectivity index (χ2v) is 5.78. The molecule has 0 radical (unpaired) electrons. The highest BCUT2D eigenvalue weighted by Crippen LogP contribution is 2.21. The standard InChI is InChI=1S/C18H21N2O2/c21-18(22-17-4-2-1-3-5-17)16-8-6-15(7-9-16)14-20-12-10-19-11-13-20/h6-13,17H,1-5,14H2/q+1. The number of rotatable bonds is 4. The fraction of sp³-hybridized carbons (Fsp3) is 0.389. The number of hydrogen-bond donors (Lipinski definition) is 0. The second-order valence-electron chi connectivity index (χ2n) is 5.78. The number of hydrogen-bond acceptors (Lipinski definition) is 3. The minimum atomic E-state index is -0.199. The lowest BCUT2D eigenvalue weighted by molar-refractivity contribution is -0.688. The van der Waals surface area contributed by atoms with Crippen LogP contribution in [0.15, 0.2) is 49.1 Å². The van der Waals surface area contributed by atoms with E-state index in [4.69, 9.17) is 4.74 Å². The van der Waals surface area contributed by atoms with Crippen LogP contribution >= 0.6 is 0 Å². The van der Waals surface area contributed by atoms with Crippen LogP contribution in [0.25, 0.3) is 0 Å². The number of aromatic nitrogens is 2.